The van der Waals surface area contributed by atoms with Crippen molar-refractivity contribution in [2.45, 2.75) is 45.2 Å². The number of aryl methyl sites for hydroxylation is 1. The molecule has 0 bridgehead atoms. The summed E-state index contributed by atoms with van der Waals surface area (Å²) in [4.78, 5) is 12.7. The molecule has 2 atom stereocenters. The zero-order valence-corrected chi connectivity index (χ0v) is 13.8. The maximum absolute atomic E-state index is 13.1. The van der Waals surface area contributed by atoms with Gasteiger partial charge in [-0.2, -0.15) is 0 Å². The summed E-state index contributed by atoms with van der Waals surface area (Å²) in [5.74, 6) is -0.0326. The fourth-order valence-electron chi connectivity index (χ4n) is 2.49. The molecular formula is C16H22FN5O2. The first-order chi connectivity index (χ1) is 11.5. The number of nitrogens with zero attached hydrogens (tertiary/aromatic N) is 4. The molecule has 0 aliphatic carbocycles. The number of hydrogen-bond donors (Lipinski definition) is 2. The fourth-order valence-corrected chi connectivity index (χ4v) is 2.49. The highest BCUT2D eigenvalue weighted by Gasteiger charge is 2.25. The molecule has 130 valence electrons. The van der Waals surface area contributed by atoms with Crippen LogP contribution in [-0.4, -0.2) is 43.9 Å². The van der Waals surface area contributed by atoms with Gasteiger partial charge in [-0.05, 0) is 47.9 Å². The van der Waals surface area contributed by atoms with Crippen LogP contribution in [0.15, 0.2) is 24.3 Å². The van der Waals surface area contributed by atoms with Crippen LogP contribution < -0.4 is 5.32 Å². The maximum Gasteiger partial charge on any atom is 0.245 e. The average molecular weight is 335 g/mol. The Morgan fingerprint density at radius 1 is 1.38 bits per heavy atom. The zero-order valence-electron chi connectivity index (χ0n) is 13.8. The van der Waals surface area contributed by atoms with Crippen molar-refractivity contribution >= 4 is 5.91 Å². The Labute approximate surface area is 139 Å². The topological polar surface area (TPSA) is 92.9 Å². The minimum Gasteiger partial charge on any atom is -0.396 e. The van der Waals surface area contributed by atoms with E-state index in [0.717, 1.165) is 5.56 Å². The van der Waals surface area contributed by atoms with E-state index < -0.39 is 6.04 Å². The number of nitrogens with one attached hydrogen (secondary N) is 1. The largest absolute Gasteiger partial charge is 0.396 e. The van der Waals surface area contributed by atoms with Gasteiger partial charge in [0, 0.05) is 19.1 Å². The molecule has 0 fully saturated rings. The normalized spacial score (nSPS) is 13.5. The quantitative estimate of drug-likeness (QED) is 0.756. The number of aliphatic hydroxyl groups excluding tert-OH is 1. The molecule has 24 heavy (non-hydrogen) atoms. The van der Waals surface area contributed by atoms with E-state index in [0.29, 0.717) is 25.1 Å². The molecule has 0 aliphatic rings. The molecule has 1 heterocycles. The highest BCUT2D eigenvalue weighted by Crippen LogP contribution is 2.16. The van der Waals surface area contributed by atoms with Crippen LogP contribution >= 0.6 is 0 Å². The summed E-state index contributed by atoms with van der Waals surface area (Å²) in [5.41, 5.74) is 0.807. The van der Waals surface area contributed by atoms with E-state index in [1.54, 1.807) is 19.1 Å². The molecule has 2 unspecified atom stereocenters. The highest BCUT2D eigenvalue weighted by molar-refractivity contribution is 5.80. The third-order valence-electron chi connectivity index (χ3n) is 3.91. The van der Waals surface area contributed by atoms with Gasteiger partial charge in [-0.25, -0.2) is 9.07 Å². The van der Waals surface area contributed by atoms with E-state index in [9.17, 15) is 9.18 Å². The summed E-state index contributed by atoms with van der Waals surface area (Å²) in [6.07, 6.45) is 1.54. The van der Waals surface area contributed by atoms with Crippen LogP contribution in [0.2, 0.25) is 0 Å². The molecule has 2 rings (SSSR count). The Morgan fingerprint density at radius 2 is 2.08 bits per heavy atom. The lowest BCUT2D eigenvalue weighted by Gasteiger charge is -2.22. The molecule has 0 spiro atoms. The monoisotopic (exact) mass is 335 g/mol. The minimum atomic E-state index is -0.641. The Kier molecular flexibility index (Phi) is 6.36. The van der Waals surface area contributed by atoms with Crippen molar-refractivity contribution in [3.05, 3.63) is 41.5 Å². The summed E-state index contributed by atoms with van der Waals surface area (Å²) >= 11 is 0. The summed E-state index contributed by atoms with van der Waals surface area (Å²) in [6.45, 7) is 3.67. The van der Waals surface area contributed by atoms with Crippen molar-refractivity contribution in [3.8, 4) is 0 Å². The van der Waals surface area contributed by atoms with Gasteiger partial charge in [-0.1, -0.05) is 19.1 Å². The smallest absolute Gasteiger partial charge is 0.245 e. The SMILES string of the molecule is CCC(CCO)NC(=O)C(Cc1ccc(F)cc1)n1nnnc1C. The number of hydrogen-bond acceptors (Lipinski definition) is 5. The van der Waals surface area contributed by atoms with Crippen LogP contribution in [0, 0.1) is 12.7 Å². The summed E-state index contributed by atoms with van der Waals surface area (Å²) in [7, 11) is 0. The second kappa shape index (κ2) is 8.49. The van der Waals surface area contributed by atoms with Crippen molar-refractivity contribution in [3.63, 3.8) is 0 Å². The number of benzene rings is 1. The molecule has 0 saturated carbocycles. The van der Waals surface area contributed by atoms with E-state index in [1.807, 2.05) is 6.92 Å². The van der Waals surface area contributed by atoms with E-state index in [-0.39, 0.29) is 24.4 Å². The van der Waals surface area contributed by atoms with Gasteiger partial charge in [0.15, 0.2) is 0 Å². The number of aromatic nitrogens is 4. The average Bonchev–Trinajstić information content (AvgIpc) is 2.99. The van der Waals surface area contributed by atoms with Gasteiger partial charge in [0.1, 0.15) is 17.7 Å². The fraction of sp³-hybridized carbons (Fsp3) is 0.500. The van der Waals surface area contributed by atoms with Crippen LogP contribution in [0.25, 0.3) is 0 Å². The Bertz CT molecular complexity index is 659. The molecule has 2 aromatic rings. The lowest BCUT2D eigenvalue weighted by atomic mass is 10.0. The van der Waals surface area contributed by atoms with E-state index >= 15 is 0 Å². The van der Waals surface area contributed by atoms with Crippen LogP contribution in [0.3, 0.4) is 0 Å². The van der Waals surface area contributed by atoms with Crippen molar-refractivity contribution < 1.29 is 14.3 Å². The number of carbonyl (C=O) groups excluding carboxylic acids is 1. The van der Waals surface area contributed by atoms with Crippen LogP contribution in [0.5, 0.6) is 0 Å². The van der Waals surface area contributed by atoms with Gasteiger partial charge in [0.2, 0.25) is 5.91 Å². The van der Waals surface area contributed by atoms with E-state index in [1.165, 1.54) is 16.8 Å². The summed E-state index contributed by atoms with van der Waals surface area (Å²) < 4.78 is 14.5. The van der Waals surface area contributed by atoms with Crippen molar-refractivity contribution in [2.24, 2.45) is 0 Å². The molecule has 2 N–H and O–H groups in total. The molecule has 7 nitrogen and oxygen atoms in total. The van der Waals surface area contributed by atoms with Crippen molar-refractivity contribution in [1.29, 1.82) is 0 Å². The standard InChI is InChI=1S/C16H22FN5O2/c1-3-14(8-9-23)18-16(24)15(22-11(2)19-20-21-22)10-12-4-6-13(17)7-5-12/h4-7,14-15,23H,3,8-10H2,1-2H3,(H,18,24). The molecule has 1 aromatic carbocycles. The predicted molar refractivity (Wildman–Crippen MR) is 85.6 cm³/mol. The van der Waals surface area contributed by atoms with E-state index in [4.69, 9.17) is 5.11 Å². The second-order valence-electron chi connectivity index (χ2n) is 5.64. The maximum atomic E-state index is 13.1. The molecule has 8 heteroatoms. The number of rotatable bonds is 8. The molecule has 1 aromatic heterocycles. The van der Waals surface area contributed by atoms with Gasteiger partial charge in [0.05, 0.1) is 0 Å². The van der Waals surface area contributed by atoms with Crippen LogP contribution in [0.4, 0.5) is 4.39 Å². The third kappa shape index (κ3) is 4.58. The summed E-state index contributed by atoms with van der Waals surface area (Å²) in [6, 6.07) is 5.24. The number of halogens is 1. The summed E-state index contributed by atoms with van der Waals surface area (Å²) in [5, 5.41) is 23.3. The first-order valence-corrected chi connectivity index (χ1v) is 7.95. The zero-order chi connectivity index (χ0) is 17.5. The Morgan fingerprint density at radius 3 is 2.62 bits per heavy atom. The molecule has 1 amide bonds. The van der Waals surface area contributed by atoms with E-state index in [2.05, 4.69) is 20.8 Å². The molecule has 0 saturated heterocycles. The Hall–Kier alpha value is -2.35. The lowest BCUT2D eigenvalue weighted by Crippen LogP contribution is -2.41. The molecular weight excluding hydrogens is 313 g/mol. The molecule has 0 radical (unpaired) electrons. The number of aliphatic hydroxyl groups is 1. The van der Waals surface area contributed by atoms with Crippen molar-refractivity contribution in [1.82, 2.24) is 25.5 Å². The second-order valence-corrected chi connectivity index (χ2v) is 5.64. The van der Waals surface area contributed by atoms with Gasteiger partial charge in [-0.3, -0.25) is 4.79 Å². The molecule has 0 aliphatic heterocycles. The highest BCUT2D eigenvalue weighted by atomic mass is 19.1. The van der Waals surface area contributed by atoms with Gasteiger partial charge in [0.25, 0.3) is 0 Å². The first kappa shape index (κ1) is 18.0. The van der Waals surface area contributed by atoms with Crippen LogP contribution in [-0.2, 0) is 11.2 Å². The first-order valence-electron chi connectivity index (χ1n) is 7.95. The Balaban J connectivity index is 2.21. The predicted octanol–water partition coefficient (Wildman–Crippen LogP) is 1.18. The van der Waals surface area contributed by atoms with Gasteiger partial charge in [-0.15, -0.1) is 5.10 Å². The van der Waals surface area contributed by atoms with Gasteiger partial charge < -0.3 is 10.4 Å². The van der Waals surface area contributed by atoms with Crippen molar-refractivity contribution in [2.75, 3.05) is 6.61 Å². The minimum absolute atomic E-state index is 0.00528. The number of carbonyl (C=O) groups is 1. The number of amides is 1. The number of tetrazole rings is 1. The third-order valence-corrected chi connectivity index (χ3v) is 3.91. The van der Waals surface area contributed by atoms with Crippen LogP contribution in [0.1, 0.15) is 37.2 Å². The lowest BCUT2D eigenvalue weighted by molar-refractivity contribution is -0.125. The van der Waals surface area contributed by atoms with Gasteiger partial charge >= 0.3 is 0 Å².